The lowest BCUT2D eigenvalue weighted by Gasteiger charge is -2.13. The SMILES string of the molecule is CCCCC(NC(=O)c1nn(-c2ccccc2)cc1OC)C(=O)O. The molecular weight excluding hydrogens is 310 g/mol. The van der Waals surface area contributed by atoms with E-state index in [1.165, 1.54) is 11.8 Å². The number of unbranched alkanes of at least 4 members (excludes halogenated alkanes) is 1. The summed E-state index contributed by atoms with van der Waals surface area (Å²) in [5.74, 6) is -1.33. The van der Waals surface area contributed by atoms with Crippen molar-refractivity contribution in [2.75, 3.05) is 7.11 Å². The first-order valence-electron chi connectivity index (χ1n) is 7.79. The first-order chi connectivity index (χ1) is 11.6. The molecule has 1 unspecified atom stereocenters. The van der Waals surface area contributed by atoms with Crippen molar-refractivity contribution in [3.05, 3.63) is 42.2 Å². The molecular formula is C17H21N3O4. The third-order valence-electron chi connectivity index (χ3n) is 3.59. The van der Waals surface area contributed by atoms with Crippen LogP contribution in [0.25, 0.3) is 5.69 Å². The molecule has 7 heteroatoms. The second-order valence-corrected chi connectivity index (χ2v) is 5.33. The van der Waals surface area contributed by atoms with Crippen LogP contribution in [0.2, 0.25) is 0 Å². The third kappa shape index (κ3) is 4.13. The van der Waals surface area contributed by atoms with E-state index in [1.807, 2.05) is 37.3 Å². The van der Waals surface area contributed by atoms with Gasteiger partial charge in [0.05, 0.1) is 19.0 Å². The van der Waals surface area contributed by atoms with Crippen LogP contribution in [0.5, 0.6) is 5.75 Å². The van der Waals surface area contributed by atoms with Crippen LogP contribution in [0.1, 0.15) is 36.7 Å². The maximum absolute atomic E-state index is 12.4. The molecule has 0 saturated heterocycles. The highest BCUT2D eigenvalue weighted by molar-refractivity contribution is 5.97. The zero-order chi connectivity index (χ0) is 17.5. The van der Waals surface area contributed by atoms with E-state index in [1.54, 1.807) is 6.20 Å². The first kappa shape index (κ1) is 17.5. The lowest BCUT2D eigenvalue weighted by atomic mass is 10.1. The minimum atomic E-state index is -1.06. The van der Waals surface area contributed by atoms with Gasteiger partial charge < -0.3 is 15.2 Å². The summed E-state index contributed by atoms with van der Waals surface area (Å²) < 4.78 is 6.72. The van der Waals surface area contributed by atoms with Crippen molar-refractivity contribution in [2.24, 2.45) is 0 Å². The third-order valence-corrected chi connectivity index (χ3v) is 3.59. The lowest BCUT2D eigenvalue weighted by molar-refractivity contribution is -0.139. The van der Waals surface area contributed by atoms with Crippen LogP contribution in [-0.4, -0.2) is 39.9 Å². The molecule has 128 valence electrons. The first-order valence-corrected chi connectivity index (χ1v) is 7.79. The number of carboxylic acid groups (broad SMARTS) is 1. The highest BCUT2D eigenvalue weighted by Crippen LogP contribution is 2.19. The molecule has 0 aliphatic rings. The van der Waals surface area contributed by atoms with Crippen LogP contribution in [0, 0.1) is 0 Å². The molecule has 1 heterocycles. The van der Waals surface area contributed by atoms with E-state index in [4.69, 9.17) is 4.74 Å². The number of para-hydroxylation sites is 1. The smallest absolute Gasteiger partial charge is 0.326 e. The van der Waals surface area contributed by atoms with Gasteiger partial charge in [0.15, 0.2) is 11.4 Å². The summed E-state index contributed by atoms with van der Waals surface area (Å²) in [6, 6.07) is 8.33. The summed E-state index contributed by atoms with van der Waals surface area (Å²) in [5, 5.41) is 16.0. The predicted molar refractivity (Wildman–Crippen MR) is 88.5 cm³/mol. The largest absolute Gasteiger partial charge is 0.493 e. The maximum atomic E-state index is 12.4. The Bertz CT molecular complexity index is 697. The zero-order valence-electron chi connectivity index (χ0n) is 13.7. The molecule has 1 atom stereocenters. The molecule has 0 aliphatic heterocycles. The summed E-state index contributed by atoms with van der Waals surface area (Å²) in [5.41, 5.74) is 0.833. The molecule has 0 spiro atoms. The Labute approximate surface area is 140 Å². The molecule has 2 rings (SSSR count). The molecule has 2 aromatic rings. The number of nitrogens with zero attached hydrogens (tertiary/aromatic N) is 2. The lowest BCUT2D eigenvalue weighted by Crippen LogP contribution is -2.41. The Balaban J connectivity index is 2.22. The zero-order valence-corrected chi connectivity index (χ0v) is 13.7. The quantitative estimate of drug-likeness (QED) is 0.774. The van der Waals surface area contributed by atoms with E-state index in [2.05, 4.69) is 10.4 Å². The molecule has 2 N–H and O–H groups in total. The Kier molecular flexibility index (Phi) is 5.95. The summed E-state index contributed by atoms with van der Waals surface area (Å²) in [6.45, 7) is 1.96. The Hall–Kier alpha value is -2.83. The standard InChI is InChI=1S/C17H21N3O4/c1-3-4-10-13(17(22)23)18-16(21)15-14(24-2)11-20(19-15)12-8-6-5-7-9-12/h5-9,11,13H,3-4,10H2,1-2H3,(H,18,21)(H,22,23). The number of amides is 1. The van der Waals surface area contributed by atoms with Gasteiger partial charge in [-0.05, 0) is 18.6 Å². The van der Waals surface area contributed by atoms with Crippen molar-refractivity contribution in [2.45, 2.75) is 32.2 Å². The number of carboxylic acids is 1. The molecule has 0 fully saturated rings. The van der Waals surface area contributed by atoms with Gasteiger partial charge in [0.2, 0.25) is 0 Å². The topological polar surface area (TPSA) is 93.5 Å². The Morgan fingerprint density at radius 3 is 2.62 bits per heavy atom. The van der Waals surface area contributed by atoms with Crippen LogP contribution >= 0.6 is 0 Å². The van der Waals surface area contributed by atoms with Crippen molar-refractivity contribution in [3.63, 3.8) is 0 Å². The molecule has 1 aromatic carbocycles. The molecule has 0 saturated carbocycles. The normalized spacial score (nSPS) is 11.8. The average Bonchev–Trinajstić information content (AvgIpc) is 3.03. The maximum Gasteiger partial charge on any atom is 0.326 e. The number of methoxy groups -OCH3 is 1. The van der Waals surface area contributed by atoms with Gasteiger partial charge in [0, 0.05) is 0 Å². The number of nitrogens with one attached hydrogen (secondary N) is 1. The highest BCUT2D eigenvalue weighted by Gasteiger charge is 2.24. The number of hydrogen-bond donors (Lipinski definition) is 2. The van der Waals surface area contributed by atoms with Gasteiger partial charge in [0.1, 0.15) is 6.04 Å². The van der Waals surface area contributed by atoms with Crippen LogP contribution < -0.4 is 10.1 Å². The number of hydrogen-bond acceptors (Lipinski definition) is 4. The molecule has 1 aromatic heterocycles. The second kappa shape index (κ2) is 8.14. The fraction of sp³-hybridized carbons (Fsp3) is 0.353. The number of aromatic nitrogens is 2. The van der Waals surface area contributed by atoms with E-state index < -0.39 is 17.9 Å². The summed E-state index contributed by atoms with van der Waals surface area (Å²) in [6.07, 6.45) is 3.53. The van der Waals surface area contributed by atoms with Gasteiger partial charge in [-0.25, -0.2) is 9.48 Å². The van der Waals surface area contributed by atoms with Crippen molar-refractivity contribution >= 4 is 11.9 Å². The molecule has 24 heavy (non-hydrogen) atoms. The van der Waals surface area contributed by atoms with Gasteiger partial charge >= 0.3 is 5.97 Å². The van der Waals surface area contributed by atoms with Gasteiger partial charge in [-0.3, -0.25) is 4.79 Å². The van der Waals surface area contributed by atoms with E-state index in [0.29, 0.717) is 12.8 Å². The van der Waals surface area contributed by atoms with E-state index >= 15 is 0 Å². The van der Waals surface area contributed by atoms with Crippen LogP contribution in [0.15, 0.2) is 36.5 Å². The molecule has 0 bridgehead atoms. The summed E-state index contributed by atoms with van der Waals surface area (Å²) in [7, 11) is 1.44. The monoisotopic (exact) mass is 331 g/mol. The van der Waals surface area contributed by atoms with Gasteiger partial charge in [0.25, 0.3) is 5.91 Å². The number of benzene rings is 1. The van der Waals surface area contributed by atoms with Crippen LogP contribution in [0.3, 0.4) is 0 Å². The fourth-order valence-corrected chi connectivity index (χ4v) is 2.27. The van der Waals surface area contributed by atoms with E-state index in [0.717, 1.165) is 12.1 Å². The summed E-state index contributed by atoms with van der Waals surface area (Å²) >= 11 is 0. The number of rotatable bonds is 8. The Morgan fingerprint density at radius 1 is 1.33 bits per heavy atom. The van der Waals surface area contributed by atoms with Gasteiger partial charge in [-0.15, -0.1) is 0 Å². The van der Waals surface area contributed by atoms with Crippen molar-refractivity contribution in [1.29, 1.82) is 0 Å². The number of aliphatic carboxylic acids is 1. The minimum Gasteiger partial charge on any atom is -0.493 e. The van der Waals surface area contributed by atoms with Crippen LogP contribution in [0.4, 0.5) is 0 Å². The number of ether oxygens (including phenoxy) is 1. The number of carbonyl (C=O) groups excluding carboxylic acids is 1. The molecule has 7 nitrogen and oxygen atoms in total. The van der Waals surface area contributed by atoms with Crippen molar-refractivity contribution in [3.8, 4) is 11.4 Å². The second-order valence-electron chi connectivity index (χ2n) is 5.33. The molecule has 1 amide bonds. The highest BCUT2D eigenvalue weighted by atomic mass is 16.5. The number of carbonyl (C=O) groups is 2. The van der Waals surface area contributed by atoms with Gasteiger partial charge in [-0.1, -0.05) is 38.0 Å². The Morgan fingerprint density at radius 2 is 2.04 bits per heavy atom. The van der Waals surface area contributed by atoms with Crippen molar-refractivity contribution in [1.82, 2.24) is 15.1 Å². The predicted octanol–water partition coefficient (Wildman–Crippen LogP) is 2.25. The molecule has 0 radical (unpaired) electrons. The fourth-order valence-electron chi connectivity index (χ4n) is 2.27. The van der Waals surface area contributed by atoms with E-state index in [9.17, 15) is 14.7 Å². The molecule has 0 aliphatic carbocycles. The van der Waals surface area contributed by atoms with Gasteiger partial charge in [-0.2, -0.15) is 5.10 Å². The minimum absolute atomic E-state index is 0.0594. The average molecular weight is 331 g/mol. The van der Waals surface area contributed by atoms with Crippen LogP contribution in [-0.2, 0) is 4.79 Å². The van der Waals surface area contributed by atoms with E-state index in [-0.39, 0.29) is 11.4 Å². The van der Waals surface area contributed by atoms with Crippen molar-refractivity contribution < 1.29 is 19.4 Å². The summed E-state index contributed by atoms with van der Waals surface area (Å²) in [4.78, 5) is 23.7.